The second-order valence-corrected chi connectivity index (χ2v) is 5.34. The van der Waals surface area contributed by atoms with E-state index < -0.39 is 11.9 Å². The Kier molecular flexibility index (Phi) is 5.74. The smallest absolute Gasteiger partial charge is 0.319 e. The lowest BCUT2D eigenvalue weighted by atomic mass is 10.0. The molecule has 2 amide bonds. The molecule has 1 heterocycles. The highest BCUT2D eigenvalue weighted by atomic mass is 32.2. The molecule has 0 aromatic rings. The fraction of sp³-hybridized carbons (Fsp3) is 0.818. The average Bonchev–Trinajstić information content (AvgIpc) is 2.83. The van der Waals surface area contributed by atoms with E-state index in [0.29, 0.717) is 6.54 Å². The molecule has 2 unspecified atom stereocenters. The van der Waals surface area contributed by atoms with Crippen LogP contribution in [0.15, 0.2) is 0 Å². The molecule has 0 bridgehead atoms. The van der Waals surface area contributed by atoms with Gasteiger partial charge in [0.25, 0.3) is 0 Å². The van der Waals surface area contributed by atoms with E-state index in [1.165, 1.54) is 4.90 Å². The van der Waals surface area contributed by atoms with Crippen molar-refractivity contribution in [2.75, 3.05) is 45.9 Å². The maximum Gasteiger partial charge on any atom is 0.319 e. The molecule has 0 aromatic heterocycles. The highest BCUT2D eigenvalue weighted by Crippen LogP contribution is 2.19. The van der Waals surface area contributed by atoms with E-state index in [9.17, 15) is 9.59 Å². The summed E-state index contributed by atoms with van der Waals surface area (Å²) in [5, 5.41) is 9.06. The molecule has 0 saturated carbocycles. The third kappa shape index (κ3) is 3.52. The van der Waals surface area contributed by atoms with E-state index in [1.54, 1.807) is 30.8 Å². The van der Waals surface area contributed by atoms with Gasteiger partial charge in [0, 0.05) is 26.4 Å². The van der Waals surface area contributed by atoms with Crippen LogP contribution in [0.5, 0.6) is 0 Å². The summed E-state index contributed by atoms with van der Waals surface area (Å²) in [6.45, 7) is 1.11. The number of nitrogens with zero attached hydrogens (tertiary/aromatic N) is 2. The molecule has 18 heavy (non-hydrogen) atoms. The third-order valence-corrected chi connectivity index (χ3v) is 3.72. The maximum absolute atomic E-state index is 12.1. The van der Waals surface area contributed by atoms with Gasteiger partial charge in [-0.05, 0) is 6.26 Å². The van der Waals surface area contributed by atoms with E-state index in [4.69, 9.17) is 9.84 Å². The minimum atomic E-state index is -0.913. The molecule has 1 fully saturated rings. The summed E-state index contributed by atoms with van der Waals surface area (Å²) in [4.78, 5) is 26.2. The molecule has 1 rings (SSSR count). The van der Waals surface area contributed by atoms with Gasteiger partial charge >= 0.3 is 12.0 Å². The highest BCUT2D eigenvalue weighted by Gasteiger charge is 2.39. The largest absolute Gasteiger partial charge is 0.481 e. The van der Waals surface area contributed by atoms with Crippen LogP contribution in [0.4, 0.5) is 4.79 Å². The summed E-state index contributed by atoms with van der Waals surface area (Å²) in [7, 11) is 3.36. The Morgan fingerprint density at radius 2 is 2.06 bits per heavy atom. The van der Waals surface area contributed by atoms with Crippen LogP contribution in [-0.4, -0.2) is 78.8 Å². The first-order chi connectivity index (χ1) is 8.49. The fourth-order valence-corrected chi connectivity index (χ4v) is 2.35. The molecule has 104 valence electrons. The van der Waals surface area contributed by atoms with Crippen LogP contribution < -0.4 is 0 Å². The van der Waals surface area contributed by atoms with Gasteiger partial charge in [0.2, 0.25) is 0 Å². The average molecular weight is 276 g/mol. The Morgan fingerprint density at radius 3 is 2.61 bits per heavy atom. The Hall–Kier alpha value is -0.950. The molecule has 1 N–H and O–H groups in total. The SMILES string of the molecule is CSCCN(C)C(=O)N(C)C1COCC1C(=O)O. The lowest BCUT2D eigenvalue weighted by Crippen LogP contribution is -2.49. The van der Waals surface area contributed by atoms with Gasteiger partial charge in [0.05, 0.1) is 19.3 Å². The summed E-state index contributed by atoms with van der Waals surface area (Å²) < 4.78 is 5.17. The number of rotatable bonds is 5. The standard InChI is InChI=1S/C11H20N2O4S/c1-12(4-5-18-3)11(16)13(2)9-7-17-6-8(9)10(14)15/h8-9H,4-7H2,1-3H3,(H,14,15). The first-order valence-electron chi connectivity index (χ1n) is 5.76. The van der Waals surface area contributed by atoms with E-state index in [-0.39, 0.29) is 25.3 Å². The van der Waals surface area contributed by atoms with Crippen LogP contribution in [0.2, 0.25) is 0 Å². The number of carbonyl (C=O) groups is 2. The molecule has 0 aliphatic carbocycles. The highest BCUT2D eigenvalue weighted by molar-refractivity contribution is 7.98. The maximum atomic E-state index is 12.1. The van der Waals surface area contributed by atoms with Crippen LogP contribution in [-0.2, 0) is 9.53 Å². The van der Waals surface area contributed by atoms with Crippen LogP contribution in [0.25, 0.3) is 0 Å². The van der Waals surface area contributed by atoms with Crippen molar-refractivity contribution >= 4 is 23.8 Å². The second-order valence-electron chi connectivity index (χ2n) is 4.36. The molecular formula is C11H20N2O4S. The number of likely N-dealkylation sites (N-methyl/N-ethyl adjacent to an activating group) is 1. The van der Waals surface area contributed by atoms with Crippen LogP contribution in [0.1, 0.15) is 0 Å². The second kappa shape index (κ2) is 6.84. The Morgan fingerprint density at radius 1 is 1.39 bits per heavy atom. The predicted molar refractivity (Wildman–Crippen MR) is 69.9 cm³/mol. The topological polar surface area (TPSA) is 70.1 Å². The summed E-state index contributed by atoms with van der Waals surface area (Å²) >= 11 is 1.67. The van der Waals surface area contributed by atoms with Crippen LogP contribution in [0, 0.1) is 5.92 Å². The quantitative estimate of drug-likeness (QED) is 0.788. The fourth-order valence-electron chi connectivity index (χ4n) is 1.90. The van der Waals surface area contributed by atoms with Gasteiger partial charge < -0.3 is 19.6 Å². The number of urea groups is 1. The number of thioether (sulfide) groups is 1. The van der Waals surface area contributed by atoms with E-state index in [2.05, 4.69) is 0 Å². The van der Waals surface area contributed by atoms with Crippen molar-refractivity contribution in [1.82, 2.24) is 9.80 Å². The number of hydrogen-bond donors (Lipinski definition) is 1. The Bertz CT molecular complexity index is 313. The monoisotopic (exact) mass is 276 g/mol. The van der Waals surface area contributed by atoms with Gasteiger partial charge in [-0.25, -0.2) is 4.79 Å². The molecular weight excluding hydrogens is 256 g/mol. The zero-order valence-electron chi connectivity index (χ0n) is 11.0. The molecule has 6 nitrogen and oxygen atoms in total. The molecule has 1 aliphatic rings. The zero-order chi connectivity index (χ0) is 13.7. The van der Waals surface area contributed by atoms with Crippen molar-refractivity contribution in [3.8, 4) is 0 Å². The first-order valence-corrected chi connectivity index (χ1v) is 7.15. The third-order valence-electron chi connectivity index (χ3n) is 3.12. The molecule has 2 atom stereocenters. The summed E-state index contributed by atoms with van der Waals surface area (Å²) in [6, 6.07) is -0.544. The number of hydrogen-bond acceptors (Lipinski definition) is 4. The number of amides is 2. The molecule has 0 radical (unpaired) electrons. The van der Waals surface area contributed by atoms with Crippen molar-refractivity contribution in [3.05, 3.63) is 0 Å². The lowest BCUT2D eigenvalue weighted by molar-refractivity contribution is -0.142. The predicted octanol–water partition coefficient (Wildman–Crippen LogP) is 0.433. The van der Waals surface area contributed by atoms with Gasteiger partial charge in [-0.2, -0.15) is 11.8 Å². The summed E-state index contributed by atoms with van der Waals surface area (Å²) in [5.41, 5.74) is 0. The zero-order valence-corrected chi connectivity index (χ0v) is 11.8. The summed E-state index contributed by atoms with van der Waals surface area (Å²) in [6.07, 6.45) is 1.98. The van der Waals surface area contributed by atoms with Gasteiger partial charge in [-0.15, -0.1) is 0 Å². The number of carboxylic acids is 1. The summed E-state index contributed by atoms with van der Waals surface area (Å²) in [5.74, 6) is -0.684. The molecule has 0 spiro atoms. The Balaban J connectivity index is 2.59. The Labute approximate surface area is 111 Å². The lowest BCUT2D eigenvalue weighted by Gasteiger charge is -2.30. The van der Waals surface area contributed by atoms with Crippen molar-refractivity contribution < 1.29 is 19.4 Å². The minimum absolute atomic E-state index is 0.161. The molecule has 0 aromatic carbocycles. The van der Waals surface area contributed by atoms with E-state index in [1.807, 2.05) is 6.26 Å². The molecule has 7 heteroatoms. The number of carbonyl (C=O) groups excluding carboxylic acids is 1. The number of aliphatic carboxylic acids is 1. The van der Waals surface area contributed by atoms with Crippen molar-refractivity contribution in [3.63, 3.8) is 0 Å². The van der Waals surface area contributed by atoms with Gasteiger partial charge in [-0.3, -0.25) is 4.79 Å². The molecule has 1 saturated heterocycles. The van der Waals surface area contributed by atoms with Crippen LogP contribution in [0.3, 0.4) is 0 Å². The van der Waals surface area contributed by atoms with Crippen LogP contribution >= 0.6 is 11.8 Å². The molecule has 1 aliphatic heterocycles. The van der Waals surface area contributed by atoms with Crippen molar-refractivity contribution in [1.29, 1.82) is 0 Å². The number of ether oxygens (including phenoxy) is 1. The van der Waals surface area contributed by atoms with Crippen molar-refractivity contribution in [2.45, 2.75) is 6.04 Å². The normalized spacial score (nSPS) is 22.8. The van der Waals surface area contributed by atoms with Gasteiger partial charge in [-0.1, -0.05) is 0 Å². The van der Waals surface area contributed by atoms with Crippen molar-refractivity contribution in [2.24, 2.45) is 5.92 Å². The van der Waals surface area contributed by atoms with E-state index >= 15 is 0 Å². The van der Waals surface area contributed by atoms with Gasteiger partial charge in [0.15, 0.2) is 0 Å². The van der Waals surface area contributed by atoms with E-state index in [0.717, 1.165) is 5.75 Å². The van der Waals surface area contributed by atoms with Gasteiger partial charge in [0.1, 0.15) is 5.92 Å². The first kappa shape index (κ1) is 15.1. The minimum Gasteiger partial charge on any atom is -0.481 e. The number of carboxylic acid groups (broad SMARTS) is 1.